The summed E-state index contributed by atoms with van der Waals surface area (Å²) in [6, 6.07) is 54.4. The van der Waals surface area contributed by atoms with E-state index in [1.807, 2.05) is 42.5 Å². The second-order valence-corrected chi connectivity index (χ2v) is 12.0. The number of fused-ring (bicyclic) bond motifs is 8. The topological polar surface area (TPSA) is 56.7 Å². The summed E-state index contributed by atoms with van der Waals surface area (Å²) in [6.45, 7) is 0. The van der Waals surface area contributed by atoms with Crippen LogP contribution in [-0.2, 0) is 0 Å². The van der Waals surface area contributed by atoms with Gasteiger partial charge in [0.15, 0.2) is 11.6 Å². The lowest BCUT2D eigenvalue weighted by Crippen LogP contribution is -2.06. The molecule has 10 rings (SSSR count). The minimum atomic E-state index is 0.585. The maximum Gasteiger partial charge on any atom is 0.238 e. The average Bonchev–Trinajstić information content (AvgIpc) is 3.71. The zero-order valence-corrected chi connectivity index (χ0v) is 25.7. The molecule has 5 nitrogen and oxygen atoms in total. The fraction of sp³-hybridized carbons (Fsp3) is 0. The minimum absolute atomic E-state index is 0.585. The number of nitrogens with zero attached hydrogens (tertiary/aromatic N) is 4. The molecule has 224 valence electrons. The van der Waals surface area contributed by atoms with Crippen molar-refractivity contribution in [1.82, 2.24) is 19.5 Å². The number of hydrogen-bond donors (Lipinski definition) is 0. The maximum atomic E-state index is 6.46. The molecule has 3 heterocycles. The van der Waals surface area contributed by atoms with Crippen LogP contribution < -0.4 is 0 Å². The van der Waals surface area contributed by atoms with Gasteiger partial charge in [0, 0.05) is 38.1 Å². The van der Waals surface area contributed by atoms with Gasteiger partial charge in [0.2, 0.25) is 5.95 Å². The Morgan fingerprint density at radius 1 is 0.417 bits per heavy atom. The van der Waals surface area contributed by atoms with Gasteiger partial charge in [-0.2, -0.15) is 9.97 Å². The van der Waals surface area contributed by atoms with E-state index < -0.39 is 0 Å². The third-order valence-electron chi connectivity index (χ3n) is 9.28. The van der Waals surface area contributed by atoms with Gasteiger partial charge in [-0.05, 0) is 40.8 Å². The van der Waals surface area contributed by atoms with Crippen LogP contribution in [0.15, 0.2) is 162 Å². The van der Waals surface area contributed by atoms with Crippen LogP contribution in [0.3, 0.4) is 0 Å². The molecule has 48 heavy (non-hydrogen) atoms. The molecular weight excluding hydrogens is 589 g/mol. The highest BCUT2D eigenvalue weighted by Crippen LogP contribution is 2.39. The first-order valence-corrected chi connectivity index (χ1v) is 16.0. The molecule has 0 aliphatic rings. The molecule has 0 unspecified atom stereocenters. The summed E-state index contributed by atoms with van der Waals surface area (Å²) in [6.07, 6.45) is 0. The first-order valence-electron chi connectivity index (χ1n) is 16.0. The first-order chi connectivity index (χ1) is 23.8. The molecule has 10 aromatic rings. The number of para-hydroxylation sites is 3. The molecule has 0 N–H and O–H groups in total. The van der Waals surface area contributed by atoms with E-state index in [2.05, 4.69) is 120 Å². The highest BCUT2D eigenvalue weighted by Gasteiger charge is 2.18. The number of benzene rings is 7. The predicted octanol–water partition coefficient (Wildman–Crippen LogP) is 11.0. The lowest BCUT2D eigenvalue weighted by molar-refractivity contribution is 0.673. The third-order valence-corrected chi connectivity index (χ3v) is 9.28. The zero-order valence-electron chi connectivity index (χ0n) is 25.7. The van der Waals surface area contributed by atoms with Crippen molar-refractivity contribution in [3.8, 4) is 39.9 Å². The Morgan fingerprint density at radius 2 is 1.02 bits per heavy atom. The Hall–Kier alpha value is -6.59. The van der Waals surface area contributed by atoms with Gasteiger partial charge < -0.3 is 4.42 Å². The van der Waals surface area contributed by atoms with E-state index >= 15 is 0 Å². The standard InChI is InChI=1S/C43H26N4O/c1-2-11-29(12-3-1)41-44-42(46-43(45-41)47-36-18-7-4-14-32(36)33-15-5-8-19-37(33)47)30-23-21-27(22-24-30)31-17-10-13-28-25-26-35-34-16-6-9-20-38(34)48-40(35)39(28)31/h1-26H. The van der Waals surface area contributed by atoms with E-state index in [4.69, 9.17) is 19.4 Å². The second kappa shape index (κ2) is 10.5. The monoisotopic (exact) mass is 614 g/mol. The van der Waals surface area contributed by atoms with Crippen molar-refractivity contribution < 1.29 is 4.42 Å². The van der Waals surface area contributed by atoms with Crippen molar-refractivity contribution in [3.05, 3.63) is 158 Å². The quantitative estimate of drug-likeness (QED) is 0.198. The number of furan rings is 1. The lowest BCUT2D eigenvalue weighted by atomic mass is 9.96. The summed E-state index contributed by atoms with van der Waals surface area (Å²) in [7, 11) is 0. The van der Waals surface area contributed by atoms with Crippen LogP contribution in [0.1, 0.15) is 0 Å². The summed E-state index contributed by atoms with van der Waals surface area (Å²) in [5.74, 6) is 1.83. The zero-order chi connectivity index (χ0) is 31.6. The van der Waals surface area contributed by atoms with E-state index in [0.717, 1.165) is 76.8 Å². The van der Waals surface area contributed by atoms with E-state index in [-0.39, 0.29) is 0 Å². The van der Waals surface area contributed by atoms with Crippen LogP contribution in [0, 0.1) is 0 Å². The fourth-order valence-corrected chi connectivity index (χ4v) is 7.04. The van der Waals surface area contributed by atoms with Gasteiger partial charge in [-0.3, -0.25) is 4.57 Å². The molecule has 0 fully saturated rings. The number of hydrogen-bond acceptors (Lipinski definition) is 4. The van der Waals surface area contributed by atoms with Crippen molar-refractivity contribution in [2.45, 2.75) is 0 Å². The lowest BCUT2D eigenvalue weighted by Gasteiger charge is -2.12. The Bertz CT molecular complexity index is 2780. The third kappa shape index (κ3) is 4.08. The van der Waals surface area contributed by atoms with Gasteiger partial charge in [-0.15, -0.1) is 0 Å². The fourth-order valence-electron chi connectivity index (χ4n) is 7.04. The Kier molecular flexibility index (Phi) is 5.81. The maximum absolute atomic E-state index is 6.46. The van der Waals surface area contributed by atoms with E-state index in [9.17, 15) is 0 Å². The summed E-state index contributed by atoms with van der Waals surface area (Å²) < 4.78 is 8.60. The molecule has 0 amide bonds. The second-order valence-electron chi connectivity index (χ2n) is 12.0. The van der Waals surface area contributed by atoms with Gasteiger partial charge >= 0.3 is 0 Å². The highest BCUT2D eigenvalue weighted by molar-refractivity contribution is 6.19. The molecule has 0 aliphatic heterocycles. The van der Waals surface area contributed by atoms with E-state index in [1.165, 1.54) is 0 Å². The van der Waals surface area contributed by atoms with Crippen LogP contribution in [-0.4, -0.2) is 19.5 Å². The summed E-state index contributed by atoms with van der Waals surface area (Å²) in [5.41, 5.74) is 7.98. The van der Waals surface area contributed by atoms with Crippen LogP contribution >= 0.6 is 0 Å². The molecule has 0 saturated carbocycles. The van der Waals surface area contributed by atoms with Gasteiger partial charge in [-0.1, -0.05) is 133 Å². The van der Waals surface area contributed by atoms with Crippen molar-refractivity contribution in [1.29, 1.82) is 0 Å². The number of aromatic nitrogens is 4. The van der Waals surface area contributed by atoms with Crippen molar-refractivity contribution in [2.75, 3.05) is 0 Å². The van der Waals surface area contributed by atoms with Gasteiger partial charge in [0.1, 0.15) is 11.2 Å². The van der Waals surface area contributed by atoms with Gasteiger partial charge in [0.05, 0.1) is 11.0 Å². The summed E-state index contributed by atoms with van der Waals surface area (Å²) in [5, 5.41) is 6.83. The van der Waals surface area contributed by atoms with Gasteiger partial charge in [-0.25, -0.2) is 4.98 Å². The normalized spacial score (nSPS) is 11.8. The Balaban J connectivity index is 1.15. The van der Waals surface area contributed by atoms with Crippen molar-refractivity contribution in [2.24, 2.45) is 0 Å². The van der Waals surface area contributed by atoms with Crippen molar-refractivity contribution in [3.63, 3.8) is 0 Å². The molecule has 0 saturated heterocycles. The van der Waals surface area contributed by atoms with E-state index in [1.54, 1.807) is 0 Å². The minimum Gasteiger partial charge on any atom is -0.455 e. The Labute approximate surface area is 275 Å². The smallest absolute Gasteiger partial charge is 0.238 e. The SMILES string of the molecule is c1ccc(-c2nc(-c3ccc(-c4cccc5ccc6c7ccccc7oc6c45)cc3)nc(-n3c4ccccc4c4ccccc43)n2)cc1. The predicted molar refractivity (Wildman–Crippen MR) is 195 cm³/mol. The van der Waals surface area contributed by atoms with Gasteiger partial charge in [0.25, 0.3) is 0 Å². The molecular formula is C43H26N4O. The molecule has 0 spiro atoms. The van der Waals surface area contributed by atoms with Crippen LogP contribution in [0.2, 0.25) is 0 Å². The molecule has 0 atom stereocenters. The Morgan fingerprint density at radius 3 is 1.75 bits per heavy atom. The highest BCUT2D eigenvalue weighted by atomic mass is 16.3. The summed E-state index contributed by atoms with van der Waals surface area (Å²) in [4.78, 5) is 15.2. The molecule has 7 aromatic carbocycles. The summed E-state index contributed by atoms with van der Waals surface area (Å²) >= 11 is 0. The largest absolute Gasteiger partial charge is 0.455 e. The van der Waals surface area contributed by atoms with Crippen molar-refractivity contribution >= 4 is 54.5 Å². The first kappa shape index (κ1) is 26.6. The molecule has 0 radical (unpaired) electrons. The van der Waals surface area contributed by atoms with Crippen LogP contribution in [0.4, 0.5) is 0 Å². The van der Waals surface area contributed by atoms with E-state index in [0.29, 0.717) is 17.6 Å². The molecule has 5 heteroatoms. The average molecular weight is 615 g/mol. The van der Waals surface area contributed by atoms with Crippen LogP contribution in [0.25, 0.3) is 94.4 Å². The molecule has 3 aromatic heterocycles. The van der Waals surface area contributed by atoms with Crippen LogP contribution in [0.5, 0.6) is 0 Å². The molecule has 0 bridgehead atoms. The molecule has 0 aliphatic carbocycles. The number of rotatable bonds is 4.